The average molecular weight is 451 g/mol. The largest absolute Gasteiger partial charge is 0.498 e. The van der Waals surface area contributed by atoms with Gasteiger partial charge in [-0.05, 0) is 49.1 Å². The number of ether oxygens (including phenoxy) is 2. The predicted octanol–water partition coefficient (Wildman–Crippen LogP) is 5.89. The summed E-state index contributed by atoms with van der Waals surface area (Å²) in [6.45, 7) is 17.6. The zero-order valence-electron chi connectivity index (χ0n) is 21.2. The number of nitrogens with zero attached hydrogens (tertiary/aromatic N) is 1. The van der Waals surface area contributed by atoms with Crippen LogP contribution in [0, 0.1) is 16.2 Å². The molecular formula is C27H42BN3O2. The van der Waals surface area contributed by atoms with Crippen molar-refractivity contribution in [3.63, 3.8) is 0 Å². The number of para-hydroxylation sites is 1. The molecule has 5 nitrogen and oxygen atoms in total. The van der Waals surface area contributed by atoms with Gasteiger partial charge in [-0.2, -0.15) is 0 Å². The molecule has 0 saturated carbocycles. The Kier molecular flexibility index (Phi) is 7.57. The highest BCUT2D eigenvalue weighted by molar-refractivity contribution is 6.68. The van der Waals surface area contributed by atoms with Crippen LogP contribution in [0.4, 0.5) is 5.69 Å². The lowest BCUT2D eigenvalue weighted by atomic mass is 9.39. The average Bonchev–Trinajstić information content (AvgIpc) is 3.02. The third-order valence-electron chi connectivity index (χ3n) is 8.34. The predicted molar refractivity (Wildman–Crippen MR) is 139 cm³/mol. The number of allylic oxidation sites excluding steroid dienone is 2. The van der Waals surface area contributed by atoms with E-state index in [-0.39, 0.29) is 5.41 Å². The maximum atomic E-state index is 6.29. The van der Waals surface area contributed by atoms with Crippen LogP contribution in [-0.4, -0.2) is 19.9 Å². The topological polar surface area (TPSA) is 73.7 Å². The molecule has 0 amide bonds. The minimum Gasteiger partial charge on any atom is -0.498 e. The van der Waals surface area contributed by atoms with E-state index in [0.29, 0.717) is 36.6 Å². The van der Waals surface area contributed by atoms with Gasteiger partial charge in [-0.25, -0.2) is 10.9 Å². The molecule has 2 aliphatic rings. The van der Waals surface area contributed by atoms with Gasteiger partial charge in [0.15, 0.2) is 6.71 Å². The number of nitrogens with two attached hydrogens (primary N) is 2. The molecule has 180 valence electrons. The monoisotopic (exact) mass is 451 g/mol. The normalized spacial score (nSPS) is 24.2. The summed E-state index contributed by atoms with van der Waals surface area (Å²) in [7, 11) is 0. The van der Waals surface area contributed by atoms with E-state index in [1.165, 1.54) is 23.8 Å². The van der Waals surface area contributed by atoms with Crippen LogP contribution >= 0.6 is 0 Å². The first-order chi connectivity index (χ1) is 15.5. The number of hydrazine groups is 1. The van der Waals surface area contributed by atoms with Crippen LogP contribution in [0.3, 0.4) is 0 Å². The van der Waals surface area contributed by atoms with E-state index in [1.54, 1.807) is 5.47 Å². The van der Waals surface area contributed by atoms with Crippen molar-refractivity contribution in [1.82, 2.24) is 0 Å². The highest BCUT2D eigenvalue weighted by atomic mass is 16.5. The van der Waals surface area contributed by atoms with Gasteiger partial charge < -0.3 is 15.2 Å². The fourth-order valence-electron chi connectivity index (χ4n) is 5.32. The van der Waals surface area contributed by atoms with Crippen molar-refractivity contribution < 1.29 is 9.47 Å². The quantitative estimate of drug-likeness (QED) is 0.212. The summed E-state index contributed by atoms with van der Waals surface area (Å²) in [4.78, 5) is 0. The lowest BCUT2D eigenvalue weighted by Gasteiger charge is -2.39. The molecule has 0 radical (unpaired) electrons. The number of benzene rings is 1. The van der Waals surface area contributed by atoms with Crippen molar-refractivity contribution in [2.24, 2.45) is 27.8 Å². The number of hydrogen-bond acceptors (Lipinski definition) is 5. The molecule has 4 N–H and O–H groups in total. The number of anilines is 1. The highest BCUT2D eigenvalue weighted by Crippen LogP contribution is 2.55. The summed E-state index contributed by atoms with van der Waals surface area (Å²) in [6.07, 6.45) is 9.19. The molecule has 1 atom stereocenters. The standard InChI is InChI=1S/C27H42BN3O2/c1-7-32-21(2)27(20-33-24(17-29)31(30)23-11-9-8-10-12-23)15-13-22(14-16-27)28-18-25(3,4)26(5,6)19-28/h8-13,17H,2,7,14-16,18-20,29-30H2,1,3-6H3/b24-17+. The molecule has 1 aliphatic heterocycles. The fourth-order valence-corrected chi connectivity index (χ4v) is 5.32. The van der Waals surface area contributed by atoms with Crippen molar-refractivity contribution >= 4 is 12.4 Å². The molecule has 33 heavy (non-hydrogen) atoms. The molecule has 1 fully saturated rings. The van der Waals surface area contributed by atoms with Crippen molar-refractivity contribution in [2.45, 2.75) is 66.5 Å². The van der Waals surface area contributed by atoms with Crippen LogP contribution in [0.25, 0.3) is 0 Å². The van der Waals surface area contributed by atoms with Gasteiger partial charge in [-0.1, -0.05) is 71.2 Å². The van der Waals surface area contributed by atoms with E-state index in [2.05, 4.69) is 40.3 Å². The molecule has 0 aromatic heterocycles. The third-order valence-corrected chi connectivity index (χ3v) is 8.34. The van der Waals surface area contributed by atoms with Gasteiger partial charge in [0, 0.05) is 0 Å². The Morgan fingerprint density at radius 1 is 1.12 bits per heavy atom. The fraction of sp³-hybridized carbons (Fsp3) is 0.556. The van der Waals surface area contributed by atoms with Gasteiger partial charge in [0.25, 0.3) is 0 Å². The van der Waals surface area contributed by atoms with Crippen molar-refractivity contribution in [2.75, 3.05) is 18.2 Å². The van der Waals surface area contributed by atoms with Crippen molar-refractivity contribution in [3.8, 4) is 0 Å². The Bertz CT molecular complexity index is 878. The van der Waals surface area contributed by atoms with E-state index in [9.17, 15) is 0 Å². The molecule has 1 heterocycles. The minimum atomic E-state index is -0.297. The smallest absolute Gasteiger partial charge is 0.224 e. The van der Waals surface area contributed by atoms with Gasteiger partial charge in [0.05, 0.1) is 29.7 Å². The molecule has 0 spiro atoms. The van der Waals surface area contributed by atoms with E-state index in [0.717, 1.165) is 30.7 Å². The van der Waals surface area contributed by atoms with Crippen molar-refractivity contribution in [3.05, 3.63) is 66.3 Å². The van der Waals surface area contributed by atoms with Gasteiger partial charge in [0.1, 0.15) is 6.61 Å². The highest BCUT2D eigenvalue weighted by Gasteiger charge is 2.49. The maximum absolute atomic E-state index is 6.29. The first-order valence-corrected chi connectivity index (χ1v) is 12.2. The zero-order chi connectivity index (χ0) is 24.3. The SMILES string of the molecule is C=C(OCC)C1(CO/C(=C/N)N(N)c2ccccc2)CC=C(B2CC(C)(C)C(C)(C)C2)CC1. The first-order valence-electron chi connectivity index (χ1n) is 12.2. The zero-order valence-corrected chi connectivity index (χ0v) is 21.2. The van der Waals surface area contributed by atoms with Crippen LogP contribution in [-0.2, 0) is 9.47 Å². The Morgan fingerprint density at radius 2 is 1.76 bits per heavy atom. The Balaban J connectivity index is 1.75. The van der Waals surface area contributed by atoms with Gasteiger partial charge in [0.2, 0.25) is 5.88 Å². The molecule has 1 aromatic carbocycles. The van der Waals surface area contributed by atoms with E-state index in [4.69, 9.17) is 21.1 Å². The second-order valence-corrected chi connectivity index (χ2v) is 11.0. The third kappa shape index (κ3) is 5.27. The minimum absolute atomic E-state index is 0.297. The number of hydrogen-bond donors (Lipinski definition) is 2. The summed E-state index contributed by atoms with van der Waals surface area (Å²) in [5.41, 5.74) is 8.70. The molecule has 3 rings (SSSR count). The number of rotatable bonds is 9. The second kappa shape index (κ2) is 9.88. The molecule has 1 aromatic rings. The van der Waals surface area contributed by atoms with Gasteiger partial charge >= 0.3 is 0 Å². The second-order valence-electron chi connectivity index (χ2n) is 11.0. The summed E-state index contributed by atoms with van der Waals surface area (Å²) in [6, 6.07) is 9.65. The van der Waals surface area contributed by atoms with E-state index >= 15 is 0 Å². The Hall–Kier alpha value is -2.34. The molecule has 6 heteroatoms. The van der Waals surface area contributed by atoms with Crippen molar-refractivity contribution in [1.29, 1.82) is 0 Å². The lowest BCUT2D eigenvalue weighted by Crippen LogP contribution is -2.37. The van der Waals surface area contributed by atoms with Crippen LogP contribution in [0.2, 0.25) is 12.6 Å². The van der Waals surface area contributed by atoms with E-state index in [1.807, 2.05) is 37.3 Å². The van der Waals surface area contributed by atoms with Crippen LogP contribution in [0.1, 0.15) is 53.9 Å². The van der Waals surface area contributed by atoms with Crippen LogP contribution in [0.5, 0.6) is 0 Å². The molecule has 1 aliphatic carbocycles. The molecular weight excluding hydrogens is 409 g/mol. The van der Waals surface area contributed by atoms with Crippen LogP contribution < -0.4 is 16.6 Å². The summed E-state index contributed by atoms with van der Waals surface area (Å²) in [5.74, 6) is 7.49. The van der Waals surface area contributed by atoms with Crippen LogP contribution in [0.15, 0.2) is 66.3 Å². The first kappa shape index (κ1) is 25.3. The Morgan fingerprint density at radius 3 is 2.27 bits per heavy atom. The van der Waals surface area contributed by atoms with E-state index < -0.39 is 0 Å². The molecule has 1 saturated heterocycles. The molecule has 0 bridgehead atoms. The Labute approximate surface area is 200 Å². The molecule has 1 unspecified atom stereocenters. The summed E-state index contributed by atoms with van der Waals surface area (Å²) in [5, 5.41) is 1.48. The summed E-state index contributed by atoms with van der Waals surface area (Å²) < 4.78 is 12.1. The van der Waals surface area contributed by atoms with Gasteiger partial charge in [-0.15, -0.1) is 5.47 Å². The summed E-state index contributed by atoms with van der Waals surface area (Å²) >= 11 is 0. The maximum Gasteiger partial charge on any atom is 0.224 e. The lowest BCUT2D eigenvalue weighted by molar-refractivity contribution is 0.0474. The van der Waals surface area contributed by atoms with Gasteiger partial charge in [-0.3, -0.25) is 0 Å².